The van der Waals surface area contributed by atoms with Crippen molar-refractivity contribution in [1.29, 1.82) is 0 Å². The number of aliphatic carboxylic acids is 1. The Hall–Kier alpha value is -1.89. The monoisotopic (exact) mass is 352 g/mol. The molecule has 2 rings (SSSR count). The van der Waals surface area contributed by atoms with E-state index in [4.69, 9.17) is 4.74 Å². The van der Waals surface area contributed by atoms with Crippen LogP contribution in [0.2, 0.25) is 0 Å². The zero-order valence-electron chi connectivity index (χ0n) is 13.8. The molecule has 24 heavy (non-hydrogen) atoms. The number of ether oxygens (including phenoxy) is 1. The lowest BCUT2D eigenvalue weighted by molar-refractivity contribution is -0.305. The minimum Gasteiger partial charge on any atom is -0.550 e. The van der Waals surface area contributed by atoms with Gasteiger partial charge in [-0.1, -0.05) is 13.3 Å². The van der Waals surface area contributed by atoms with Gasteiger partial charge in [-0.25, -0.2) is 4.79 Å². The highest BCUT2D eigenvalue weighted by molar-refractivity contribution is 7.17. The topological polar surface area (TPSA) is 95.5 Å². The number of rotatable bonds is 7. The van der Waals surface area contributed by atoms with Crippen molar-refractivity contribution in [1.82, 2.24) is 0 Å². The van der Waals surface area contributed by atoms with Gasteiger partial charge in [-0.2, -0.15) is 0 Å². The number of aryl methyl sites for hydroxylation is 1. The molecule has 0 atom stereocenters. The highest BCUT2D eigenvalue weighted by Gasteiger charge is 2.26. The summed E-state index contributed by atoms with van der Waals surface area (Å²) in [6.45, 7) is 2.26. The van der Waals surface area contributed by atoms with Gasteiger partial charge in [0.15, 0.2) is 0 Å². The van der Waals surface area contributed by atoms with Gasteiger partial charge in [0.2, 0.25) is 5.91 Å². The summed E-state index contributed by atoms with van der Waals surface area (Å²) in [6.07, 6.45) is 5.11. The molecule has 132 valence electrons. The van der Waals surface area contributed by atoms with E-state index in [-0.39, 0.29) is 12.8 Å². The Balaban J connectivity index is 2.23. The van der Waals surface area contributed by atoms with E-state index in [0.29, 0.717) is 17.2 Å². The molecule has 0 fully saturated rings. The van der Waals surface area contributed by atoms with E-state index in [1.54, 1.807) is 0 Å². The van der Waals surface area contributed by atoms with Crippen molar-refractivity contribution in [2.24, 2.45) is 0 Å². The third kappa shape index (κ3) is 4.80. The van der Waals surface area contributed by atoms with Gasteiger partial charge in [-0.3, -0.25) is 4.79 Å². The lowest BCUT2D eigenvalue weighted by Gasteiger charge is -2.09. The van der Waals surface area contributed by atoms with Gasteiger partial charge in [0, 0.05) is 17.3 Å². The van der Waals surface area contributed by atoms with Gasteiger partial charge in [0.05, 0.1) is 12.2 Å². The molecular formula is C17H22NO5S-. The highest BCUT2D eigenvalue weighted by atomic mass is 32.1. The number of amides is 1. The average molecular weight is 352 g/mol. The van der Waals surface area contributed by atoms with Crippen LogP contribution in [0.5, 0.6) is 0 Å². The Morgan fingerprint density at radius 3 is 2.62 bits per heavy atom. The van der Waals surface area contributed by atoms with Crippen molar-refractivity contribution >= 4 is 34.2 Å². The smallest absolute Gasteiger partial charge is 0.341 e. The number of carbonyl (C=O) groups is 3. The average Bonchev–Trinajstić information content (AvgIpc) is 2.72. The zero-order valence-corrected chi connectivity index (χ0v) is 14.6. The molecule has 0 bridgehead atoms. The summed E-state index contributed by atoms with van der Waals surface area (Å²) >= 11 is 1.40. The zero-order chi connectivity index (χ0) is 17.5. The lowest BCUT2D eigenvalue weighted by Crippen LogP contribution is -2.24. The molecule has 1 aliphatic rings. The summed E-state index contributed by atoms with van der Waals surface area (Å²) in [5.41, 5.74) is 1.43. The van der Waals surface area contributed by atoms with Crippen molar-refractivity contribution in [2.75, 3.05) is 11.9 Å². The number of nitrogens with one attached hydrogen (secondary N) is 1. The summed E-state index contributed by atoms with van der Waals surface area (Å²) in [6, 6.07) is 0. The summed E-state index contributed by atoms with van der Waals surface area (Å²) < 4.78 is 5.28. The molecule has 0 saturated heterocycles. The van der Waals surface area contributed by atoms with Crippen molar-refractivity contribution in [3.8, 4) is 0 Å². The lowest BCUT2D eigenvalue weighted by atomic mass is 10.1. The molecule has 1 aromatic rings. The third-order valence-electron chi connectivity index (χ3n) is 3.87. The van der Waals surface area contributed by atoms with E-state index in [1.165, 1.54) is 11.3 Å². The minimum absolute atomic E-state index is 0.172. The fourth-order valence-electron chi connectivity index (χ4n) is 2.72. The van der Waals surface area contributed by atoms with Crippen molar-refractivity contribution in [3.05, 3.63) is 16.0 Å². The molecule has 1 aliphatic carbocycles. The standard InChI is InChI=1S/C17H23NO5S/c1-2-10-23-17(22)15-11-6-4-3-5-7-12(11)24-16(15)18-13(19)8-9-14(20)21/h2-10H2,1H3,(H,18,19)(H,20,21)/p-1. The highest BCUT2D eigenvalue weighted by Crippen LogP contribution is 2.38. The molecule has 0 unspecified atom stereocenters. The van der Waals surface area contributed by atoms with E-state index in [9.17, 15) is 19.5 Å². The van der Waals surface area contributed by atoms with E-state index in [1.807, 2.05) is 6.92 Å². The van der Waals surface area contributed by atoms with E-state index in [0.717, 1.165) is 49.0 Å². The minimum atomic E-state index is -1.27. The summed E-state index contributed by atoms with van der Waals surface area (Å²) in [7, 11) is 0. The molecular weight excluding hydrogens is 330 g/mol. The van der Waals surface area contributed by atoms with Crippen molar-refractivity contribution in [3.63, 3.8) is 0 Å². The van der Waals surface area contributed by atoms with Crippen LogP contribution >= 0.6 is 11.3 Å². The molecule has 0 aliphatic heterocycles. The number of fused-ring (bicyclic) bond motifs is 1. The summed E-state index contributed by atoms with van der Waals surface area (Å²) in [5.74, 6) is -2.11. The Kier molecular flexibility index (Phi) is 6.78. The molecule has 0 saturated carbocycles. The second-order valence-corrected chi connectivity index (χ2v) is 6.93. The van der Waals surface area contributed by atoms with Gasteiger partial charge in [-0.05, 0) is 44.1 Å². The molecule has 0 aromatic carbocycles. The molecule has 6 nitrogen and oxygen atoms in total. The predicted molar refractivity (Wildman–Crippen MR) is 89.0 cm³/mol. The van der Waals surface area contributed by atoms with Crippen molar-refractivity contribution < 1.29 is 24.2 Å². The molecule has 0 radical (unpaired) electrons. The molecule has 1 heterocycles. The SMILES string of the molecule is CCCOC(=O)c1c(NC(=O)CCC(=O)[O-])sc2c1CCCCC2. The van der Waals surface area contributed by atoms with Gasteiger partial charge in [0.1, 0.15) is 5.00 Å². The maximum absolute atomic E-state index is 12.4. The first-order valence-electron chi connectivity index (χ1n) is 8.34. The maximum atomic E-state index is 12.4. The first kappa shape index (κ1) is 18.4. The number of thiophene rings is 1. The van der Waals surface area contributed by atoms with Crippen LogP contribution in [-0.2, 0) is 27.2 Å². The summed E-state index contributed by atoms with van der Waals surface area (Å²) in [5, 5.41) is 13.7. The number of carboxylic acids is 1. The van der Waals surface area contributed by atoms with Gasteiger partial charge < -0.3 is 20.0 Å². The van der Waals surface area contributed by atoms with E-state index in [2.05, 4.69) is 5.32 Å². The fourth-order valence-corrected chi connectivity index (χ4v) is 4.01. The Labute approximate surface area is 145 Å². The van der Waals surface area contributed by atoms with Crippen LogP contribution in [0.1, 0.15) is 66.2 Å². The molecule has 0 spiro atoms. The molecule has 7 heteroatoms. The predicted octanol–water partition coefficient (Wildman–Crippen LogP) is 2.05. The van der Waals surface area contributed by atoms with Crippen LogP contribution in [-0.4, -0.2) is 24.5 Å². The van der Waals surface area contributed by atoms with Crippen LogP contribution in [0.15, 0.2) is 0 Å². The Morgan fingerprint density at radius 1 is 1.17 bits per heavy atom. The molecule has 1 amide bonds. The van der Waals surface area contributed by atoms with Crippen LogP contribution in [0.4, 0.5) is 5.00 Å². The van der Waals surface area contributed by atoms with Crippen molar-refractivity contribution in [2.45, 2.75) is 58.3 Å². The van der Waals surface area contributed by atoms with Crippen LogP contribution in [0.25, 0.3) is 0 Å². The third-order valence-corrected chi connectivity index (χ3v) is 5.08. The first-order valence-corrected chi connectivity index (χ1v) is 9.16. The largest absolute Gasteiger partial charge is 0.550 e. The number of hydrogen-bond acceptors (Lipinski definition) is 6. The van der Waals surface area contributed by atoms with E-state index >= 15 is 0 Å². The Morgan fingerprint density at radius 2 is 1.92 bits per heavy atom. The number of hydrogen-bond donors (Lipinski definition) is 1. The first-order chi connectivity index (χ1) is 11.5. The second kappa shape index (κ2) is 8.82. The van der Waals surface area contributed by atoms with Crippen LogP contribution in [0, 0.1) is 0 Å². The van der Waals surface area contributed by atoms with Crippen LogP contribution < -0.4 is 10.4 Å². The van der Waals surface area contributed by atoms with Gasteiger partial charge >= 0.3 is 5.97 Å². The molecule has 1 aromatic heterocycles. The fraction of sp³-hybridized carbons (Fsp3) is 0.588. The van der Waals surface area contributed by atoms with Gasteiger partial charge in [0.25, 0.3) is 0 Å². The number of anilines is 1. The quantitative estimate of drug-likeness (QED) is 0.598. The maximum Gasteiger partial charge on any atom is 0.341 e. The molecule has 1 N–H and O–H groups in total. The Bertz CT molecular complexity index is 623. The van der Waals surface area contributed by atoms with Crippen LogP contribution in [0.3, 0.4) is 0 Å². The number of esters is 1. The summed E-state index contributed by atoms with van der Waals surface area (Å²) in [4.78, 5) is 36.0. The van der Waals surface area contributed by atoms with Gasteiger partial charge in [-0.15, -0.1) is 11.3 Å². The normalized spacial score (nSPS) is 13.7. The number of carbonyl (C=O) groups excluding carboxylic acids is 3. The van der Waals surface area contributed by atoms with E-state index < -0.39 is 17.8 Å². The second-order valence-electron chi connectivity index (χ2n) is 5.82. The number of carboxylic acid groups (broad SMARTS) is 1.